The minimum Gasteiger partial charge on any atom is -0.487 e. The SMILES string of the molecule is c1ccc(C[n+]2ccc(-c3cc[n+](-c4ccc5c(c4)OCCOCCOCCOCCO5)cc3)cc2)cc1. The smallest absolute Gasteiger partial charge is 0.214 e. The second-order valence-electron chi connectivity index (χ2n) is 8.90. The van der Waals surface area contributed by atoms with Crippen LogP contribution >= 0.6 is 0 Å². The number of fused-ring (bicyclic) bond motifs is 1. The third-order valence-corrected chi connectivity index (χ3v) is 6.20. The summed E-state index contributed by atoms with van der Waals surface area (Å²) in [5.74, 6) is 1.37. The van der Waals surface area contributed by atoms with E-state index in [1.807, 2.05) is 24.3 Å². The molecule has 0 saturated carbocycles. The van der Waals surface area contributed by atoms with Crippen LogP contribution in [0.5, 0.6) is 11.5 Å². The maximum absolute atomic E-state index is 6.03. The molecular formula is C31H34N2O5+2. The van der Waals surface area contributed by atoms with Crippen LogP contribution in [0.15, 0.2) is 97.6 Å². The van der Waals surface area contributed by atoms with E-state index in [0.717, 1.165) is 17.8 Å². The van der Waals surface area contributed by atoms with Crippen molar-refractivity contribution < 1.29 is 32.8 Å². The molecule has 2 aromatic heterocycles. The molecule has 0 bridgehead atoms. The van der Waals surface area contributed by atoms with E-state index in [1.54, 1.807) is 0 Å². The number of benzene rings is 2. The van der Waals surface area contributed by atoms with Gasteiger partial charge in [-0.1, -0.05) is 30.3 Å². The fourth-order valence-corrected chi connectivity index (χ4v) is 4.19. The predicted octanol–water partition coefficient (Wildman–Crippen LogP) is 3.79. The van der Waals surface area contributed by atoms with Crippen molar-refractivity contribution in [3.63, 3.8) is 0 Å². The molecule has 0 aliphatic carbocycles. The summed E-state index contributed by atoms with van der Waals surface area (Å²) >= 11 is 0. The van der Waals surface area contributed by atoms with E-state index < -0.39 is 0 Å². The number of hydrogen-bond donors (Lipinski definition) is 0. The highest BCUT2D eigenvalue weighted by atomic mass is 16.6. The zero-order chi connectivity index (χ0) is 25.8. The highest BCUT2D eigenvalue weighted by Crippen LogP contribution is 2.29. The summed E-state index contributed by atoms with van der Waals surface area (Å²) in [5.41, 5.74) is 4.59. The van der Waals surface area contributed by atoms with E-state index >= 15 is 0 Å². The van der Waals surface area contributed by atoms with Gasteiger partial charge in [-0.25, -0.2) is 4.57 Å². The van der Waals surface area contributed by atoms with Crippen molar-refractivity contribution in [3.8, 4) is 28.3 Å². The summed E-state index contributed by atoms with van der Waals surface area (Å²) in [5, 5.41) is 0. The van der Waals surface area contributed by atoms with Crippen molar-refractivity contribution in [3.05, 3.63) is 103 Å². The highest BCUT2D eigenvalue weighted by molar-refractivity contribution is 5.61. The van der Waals surface area contributed by atoms with Gasteiger partial charge in [-0.2, -0.15) is 4.57 Å². The van der Waals surface area contributed by atoms with Crippen LogP contribution in [-0.4, -0.2) is 52.9 Å². The van der Waals surface area contributed by atoms with Crippen LogP contribution in [-0.2, 0) is 20.8 Å². The Morgan fingerprint density at radius 1 is 0.526 bits per heavy atom. The first-order valence-electron chi connectivity index (χ1n) is 13.0. The summed E-state index contributed by atoms with van der Waals surface area (Å²) < 4.78 is 32.8. The molecule has 5 rings (SSSR count). The van der Waals surface area contributed by atoms with Crippen molar-refractivity contribution in [1.29, 1.82) is 0 Å². The lowest BCUT2D eigenvalue weighted by Gasteiger charge is -2.13. The van der Waals surface area contributed by atoms with Crippen molar-refractivity contribution in [1.82, 2.24) is 0 Å². The number of nitrogens with zero attached hydrogens (tertiary/aromatic N) is 2. The number of rotatable bonds is 4. The quantitative estimate of drug-likeness (QED) is 0.388. The van der Waals surface area contributed by atoms with Gasteiger partial charge in [0.2, 0.25) is 5.69 Å². The average molecular weight is 515 g/mol. The maximum atomic E-state index is 6.03. The van der Waals surface area contributed by atoms with Crippen LogP contribution < -0.4 is 18.6 Å². The van der Waals surface area contributed by atoms with Crippen molar-refractivity contribution in [2.24, 2.45) is 0 Å². The van der Waals surface area contributed by atoms with Crippen LogP contribution in [0.1, 0.15) is 5.56 Å². The lowest BCUT2D eigenvalue weighted by Crippen LogP contribution is -2.33. The maximum Gasteiger partial charge on any atom is 0.214 e. The lowest BCUT2D eigenvalue weighted by atomic mass is 10.1. The summed E-state index contributed by atoms with van der Waals surface area (Å²) in [6.45, 7) is 4.86. The van der Waals surface area contributed by atoms with Gasteiger partial charge in [0.1, 0.15) is 13.2 Å². The molecule has 2 aromatic carbocycles. The molecule has 0 spiro atoms. The first-order valence-corrected chi connectivity index (χ1v) is 13.0. The molecule has 0 amide bonds. The fourth-order valence-electron chi connectivity index (χ4n) is 4.19. The first kappa shape index (κ1) is 25.9. The standard InChI is InChI=1S/C31H34N2O5/c1-2-4-26(5-3-1)25-32-12-8-27(9-13-32)28-10-14-33(15-11-28)29-6-7-30-31(24-29)38-23-21-36-19-17-34-16-18-35-20-22-37-30/h1-15,24H,16-23,25H2/q+2. The molecule has 1 aliphatic rings. The Labute approximate surface area is 223 Å². The second kappa shape index (κ2) is 13.7. The molecule has 4 aromatic rings. The topological polar surface area (TPSA) is 53.9 Å². The van der Waals surface area contributed by atoms with Gasteiger partial charge in [-0.05, 0) is 17.2 Å². The Hall–Kier alpha value is -3.78. The molecule has 0 saturated heterocycles. The van der Waals surface area contributed by atoms with E-state index in [9.17, 15) is 0 Å². The molecule has 0 fully saturated rings. The summed E-state index contributed by atoms with van der Waals surface area (Å²) in [7, 11) is 0. The minimum atomic E-state index is 0.429. The molecule has 38 heavy (non-hydrogen) atoms. The van der Waals surface area contributed by atoms with Crippen LogP contribution in [0.3, 0.4) is 0 Å². The summed E-state index contributed by atoms with van der Waals surface area (Å²) in [6, 6.07) is 25.0. The molecule has 7 nitrogen and oxygen atoms in total. The van der Waals surface area contributed by atoms with Gasteiger partial charge in [0.15, 0.2) is 42.8 Å². The van der Waals surface area contributed by atoms with Gasteiger partial charge < -0.3 is 23.7 Å². The van der Waals surface area contributed by atoms with E-state index in [1.165, 1.54) is 11.1 Å². The van der Waals surface area contributed by atoms with Gasteiger partial charge in [0.05, 0.1) is 45.7 Å². The lowest BCUT2D eigenvalue weighted by molar-refractivity contribution is -0.688. The Balaban J connectivity index is 1.27. The van der Waals surface area contributed by atoms with Crippen molar-refractivity contribution in [2.45, 2.75) is 6.54 Å². The zero-order valence-electron chi connectivity index (χ0n) is 21.5. The summed E-state index contributed by atoms with van der Waals surface area (Å²) in [6.07, 6.45) is 8.37. The molecule has 0 unspecified atom stereocenters. The molecule has 196 valence electrons. The third-order valence-electron chi connectivity index (χ3n) is 6.20. The van der Waals surface area contributed by atoms with Crippen LogP contribution in [0.25, 0.3) is 16.8 Å². The van der Waals surface area contributed by atoms with Crippen LogP contribution in [0.4, 0.5) is 0 Å². The first-order chi connectivity index (χ1) is 18.8. The number of aromatic nitrogens is 2. The Morgan fingerprint density at radius 3 is 1.71 bits per heavy atom. The molecular weight excluding hydrogens is 480 g/mol. The van der Waals surface area contributed by atoms with Gasteiger partial charge in [0.25, 0.3) is 0 Å². The normalized spacial score (nSPS) is 15.3. The van der Waals surface area contributed by atoms with E-state index in [-0.39, 0.29) is 0 Å². The van der Waals surface area contributed by atoms with E-state index in [4.69, 9.17) is 23.7 Å². The molecule has 0 N–H and O–H groups in total. The predicted molar refractivity (Wildman–Crippen MR) is 143 cm³/mol. The minimum absolute atomic E-state index is 0.429. The molecule has 3 heterocycles. The zero-order valence-corrected chi connectivity index (χ0v) is 21.5. The third kappa shape index (κ3) is 7.38. The van der Waals surface area contributed by atoms with Gasteiger partial charge in [-0.3, -0.25) is 0 Å². The van der Waals surface area contributed by atoms with E-state index in [2.05, 4.69) is 82.5 Å². The van der Waals surface area contributed by atoms with Gasteiger partial charge in [-0.15, -0.1) is 0 Å². The number of hydrogen-bond acceptors (Lipinski definition) is 5. The Morgan fingerprint density at radius 2 is 1.08 bits per heavy atom. The fraction of sp³-hybridized carbons (Fsp3) is 0.290. The molecule has 0 atom stereocenters. The highest BCUT2D eigenvalue weighted by Gasteiger charge is 2.14. The average Bonchev–Trinajstić information content (AvgIpc) is 2.98. The van der Waals surface area contributed by atoms with Crippen LogP contribution in [0, 0.1) is 0 Å². The molecule has 0 radical (unpaired) electrons. The van der Waals surface area contributed by atoms with Crippen molar-refractivity contribution in [2.75, 3.05) is 52.9 Å². The number of pyridine rings is 2. The molecule has 1 aliphatic heterocycles. The Kier molecular flexibility index (Phi) is 9.30. The van der Waals surface area contributed by atoms with Crippen LogP contribution in [0.2, 0.25) is 0 Å². The Bertz CT molecular complexity index is 1260. The van der Waals surface area contributed by atoms with E-state index in [0.29, 0.717) is 64.4 Å². The monoisotopic (exact) mass is 514 g/mol. The molecule has 7 heteroatoms. The van der Waals surface area contributed by atoms with Gasteiger partial charge >= 0.3 is 0 Å². The van der Waals surface area contributed by atoms with Crippen molar-refractivity contribution >= 4 is 0 Å². The largest absolute Gasteiger partial charge is 0.487 e. The van der Waals surface area contributed by atoms with Gasteiger partial charge in [0, 0.05) is 35.9 Å². The number of ether oxygens (including phenoxy) is 5. The summed E-state index contributed by atoms with van der Waals surface area (Å²) in [4.78, 5) is 0. The second-order valence-corrected chi connectivity index (χ2v) is 8.90.